The lowest BCUT2D eigenvalue weighted by atomic mass is 10.0. The molecule has 0 spiro atoms. The number of thioether (sulfide) groups is 1. The number of carbonyl (C=O) groups is 3. The number of aromatic nitrogens is 4. The van der Waals surface area contributed by atoms with Crippen molar-refractivity contribution in [3.05, 3.63) is 40.7 Å². The summed E-state index contributed by atoms with van der Waals surface area (Å²) >= 11 is 3.60. The van der Waals surface area contributed by atoms with E-state index in [4.69, 9.17) is 10.6 Å². The first kappa shape index (κ1) is 23.7. The molecule has 184 valence electrons. The topological polar surface area (TPSA) is 192 Å². The van der Waals surface area contributed by atoms with E-state index in [1.54, 1.807) is 20.7 Å². The number of imidazole rings is 1. The first-order chi connectivity index (χ1) is 17.3. The van der Waals surface area contributed by atoms with Crippen molar-refractivity contribution in [1.82, 2.24) is 24.0 Å². The quantitative estimate of drug-likeness (QED) is 0.149. The largest absolute Gasteiger partial charge is 0.477 e. The number of aliphatic carboxylic acids is 1. The maximum absolute atomic E-state index is 13.0. The zero-order valence-electron chi connectivity index (χ0n) is 18.3. The van der Waals surface area contributed by atoms with E-state index in [-0.39, 0.29) is 28.9 Å². The molecule has 0 aliphatic carbocycles. The molecule has 17 heteroatoms. The average molecular weight is 547 g/mol. The summed E-state index contributed by atoms with van der Waals surface area (Å²) < 4.78 is 7.43. The highest BCUT2D eigenvalue weighted by molar-refractivity contribution is 8.00. The summed E-state index contributed by atoms with van der Waals surface area (Å²) in [5.74, 6) is -2.27. The maximum atomic E-state index is 13.0. The molecule has 0 saturated carbocycles. The summed E-state index contributed by atoms with van der Waals surface area (Å²) in [4.78, 5) is 48.6. The van der Waals surface area contributed by atoms with Crippen LogP contribution in [0.5, 0.6) is 0 Å². The number of carbonyl (C=O) groups excluding carboxylic acids is 2. The van der Waals surface area contributed by atoms with Gasteiger partial charge in [0.25, 0.3) is 18.1 Å². The highest BCUT2D eigenvalue weighted by atomic mass is 32.2. The van der Waals surface area contributed by atoms with Crippen molar-refractivity contribution in [3.63, 3.8) is 0 Å². The molecule has 2 aliphatic rings. The fraction of sp³-hybridized carbons (Fsp3) is 0.263. The Morgan fingerprint density at radius 3 is 2.97 bits per heavy atom. The molecule has 2 atom stereocenters. The van der Waals surface area contributed by atoms with Gasteiger partial charge >= 0.3 is 5.97 Å². The first-order valence-corrected chi connectivity index (χ1v) is 12.8. The number of nitrogen functional groups attached to an aromatic ring is 1. The highest BCUT2D eigenvalue weighted by Crippen LogP contribution is 2.40. The summed E-state index contributed by atoms with van der Waals surface area (Å²) in [5.41, 5.74) is 6.22. The molecule has 1 fully saturated rings. The van der Waals surface area contributed by atoms with Crippen LogP contribution in [0.3, 0.4) is 0 Å². The van der Waals surface area contributed by atoms with Gasteiger partial charge in [-0.05, 0) is 0 Å². The van der Waals surface area contributed by atoms with Crippen LogP contribution in [0.4, 0.5) is 5.13 Å². The first-order valence-electron chi connectivity index (χ1n) is 10.1. The number of nitrogens with one attached hydrogen (secondary N) is 1. The molecular weight excluding hydrogens is 530 g/mol. The second-order valence-corrected chi connectivity index (χ2v) is 10.3. The lowest BCUT2D eigenvalue weighted by Gasteiger charge is -2.49. The number of oxime groups is 1. The molecular formula is C19H16N9O5S3+. The number of rotatable bonds is 7. The van der Waals surface area contributed by atoms with Crippen molar-refractivity contribution < 1.29 is 28.9 Å². The predicted molar refractivity (Wildman–Crippen MR) is 128 cm³/mol. The van der Waals surface area contributed by atoms with Gasteiger partial charge in [0.15, 0.2) is 5.13 Å². The van der Waals surface area contributed by atoms with Gasteiger partial charge in [-0.3, -0.25) is 14.5 Å². The third-order valence-electron chi connectivity index (χ3n) is 5.40. The molecule has 5 rings (SSSR count). The molecule has 3 aromatic heterocycles. The number of β-lactam (4-membered cyclic amide) rings is 1. The molecule has 1 saturated heterocycles. The van der Waals surface area contributed by atoms with Gasteiger partial charge < -0.3 is 21.0 Å². The molecule has 14 nitrogen and oxygen atoms in total. The van der Waals surface area contributed by atoms with Crippen LogP contribution in [-0.2, 0) is 25.8 Å². The summed E-state index contributed by atoms with van der Waals surface area (Å²) in [6, 6.07) is 1.13. The molecule has 0 bridgehead atoms. The van der Waals surface area contributed by atoms with Gasteiger partial charge in [0.1, 0.15) is 43.0 Å². The van der Waals surface area contributed by atoms with Gasteiger partial charge in [0.05, 0.1) is 5.38 Å². The van der Waals surface area contributed by atoms with E-state index in [0.717, 1.165) is 16.4 Å². The fourth-order valence-electron chi connectivity index (χ4n) is 3.89. The SMILES string of the molecule is CO/N=C(\C(=O)N[C@@H]1C(=O)N2C(C(=O)O)=C(C[n+]3cc4scc(C#N)n4c3)CS[C@H]12)c1nsc(N)n1. The average Bonchev–Trinajstić information content (AvgIpc) is 3.56. The van der Waals surface area contributed by atoms with Gasteiger partial charge in [-0.1, -0.05) is 16.5 Å². The second kappa shape index (κ2) is 9.22. The summed E-state index contributed by atoms with van der Waals surface area (Å²) in [6.45, 7) is 0.225. The number of carboxylic acids is 1. The second-order valence-electron chi connectivity index (χ2n) is 7.55. The molecule has 5 heterocycles. The minimum Gasteiger partial charge on any atom is -0.477 e. The fourth-order valence-corrected chi connectivity index (χ4v) is 6.52. The Kier molecular flexibility index (Phi) is 6.07. The van der Waals surface area contributed by atoms with Crippen molar-refractivity contribution in [2.24, 2.45) is 5.16 Å². The molecule has 0 radical (unpaired) electrons. The van der Waals surface area contributed by atoms with E-state index in [1.807, 2.05) is 6.20 Å². The molecule has 0 aromatic carbocycles. The van der Waals surface area contributed by atoms with Crippen LogP contribution in [0, 0.1) is 11.3 Å². The Hall–Kier alpha value is -4.01. The summed E-state index contributed by atoms with van der Waals surface area (Å²) in [6.07, 6.45) is 3.52. The Bertz CT molecular complexity index is 1510. The van der Waals surface area contributed by atoms with Crippen LogP contribution >= 0.6 is 34.6 Å². The number of anilines is 1. The van der Waals surface area contributed by atoms with E-state index >= 15 is 0 Å². The van der Waals surface area contributed by atoms with Gasteiger partial charge in [-0.25, -0.2) is 9.36 Å². The standard InChI is InChI=1S/C19H15N9O5S3/c1-33-24-11(14-23-19(21)36-25-14)15(29)22-12-16(30)28-13(18(31)32)8(5-35-17(12)28)3-26-4-10-27(7-26)9(2-20)6-34-10/h4,6-7,12,17H,3,5H2,1H3,(H3-,21,22,23,25,29,31,32)/p+1/b24-11-/t12-,17-/m1/s1. The Labute approximate surface area is 214 Å². The Morgan fingerprint density at radius 2 is 2.31 bits per heavy atom. The van der Waals surface area contributed by atoms with Crippen LogP contribution in [0.15, 0.2) is 34.3 Å². The number of hydrogen-bond acceptors (Lipinski definition) is 12. The monoisotopic (exact) mass is 546 g/mol. The van der Waals surface area contributed by atoms with E-state index in [1.165, 1.54) is 35.1 Å². The van der Waals surface area contributed by atoms with E-state index in [9.17, 15) is 24.8 Å². The van der Waals surface area contributed by atoms with Crippen LogP contribution in [-0.4, -0.2) is 71.5 Å². The van der Waals surface area contributed by atoms with Gasteiger partial charge in [0.2, 0.25) is 22.1 Å². The minimum absolute atomic E-state index is 0.0470. The zero-order valence-corrected chi connectivity index (χ0v) is 20.8. The molecule has 4 N–H and O–H groups in total. The van der Waals surface area contributed by atoms with Crippen molar-refractivity contribution in [2.45, 2.75) is 18.0 Å². The number of nitrogens with two attached hydrogens (primary N) is 1. The number of hydrogen-bond donors (Lipinski definition) is 3. The maximum Gasteiger partial charge on any atom is 0.352 e. The lowest BCUT2D eigenvalue weighted by molar-refractivity contribution is -0.687. The number of fused-ring (bicyclic) bond motifs is 2. The molecule has 2 aliphatic heterocycles. The van der Waals surface area contributed by atoms with Gasteiger partial charge in [-0.2, -0.15) is 19.0 Å². The van der Waals surface area contributed by atoms with Crippen molar-refractivity contribution in [1.29, 1.82) is 5.26 Å². The van der Waals surface area contributed by atoms with Crippen LogP contribution in [0.1, 0.15) is 11.5 Å². The smallest absolute Gasteiger partial charge is 0.352 e. The summed E-state index contributed by atoms with van der Waals surface area (Å²) in [5, 5.41) is 26.6. The predicted octanol–water partition coefficient (Wildman–Crippen LogP) is -0.617. The van der Waals surface area contributed by atoms with Crippen molar-refractivity contribution in [2.75, 3.05) is 18.6 Å². The summed E-state index contributed by atoms with van der Waals surface area (Å²) in [7, 11) is 1.25. The van der Waals surface area contributed by atoms with Crippen molar-refractivity contribution >= 4 is 68.1 Å². The zero-order chi connectivity index (χ0) is 25.6. The van der Waals surface area contributed by atoms with Crippen LogP contribution in [0.25, 0.3) is 4.83 Å². The number of carboxylic acid groups (broad SMARTS) is 1. The number of nitrogens with zero attached hydrogens (tertiary/aromatic N) is 7. The third-order valence-corrected chi connectivity index (χ3v) is 8.17. The number of thiazole rings is 1. The lowest BCUT2D eigenvalue weighted by Crippen LogP contribution is -2.71. The number of amides is 2. The minimum atomic E-state index is -1.24. The molecule has 3 aromatic rings. The Balaban J connectivity index is 1.36. The molecule has 2 amide bonds. The number of nitriles is 1. The van der Waals surface area contributed by atoms with Crippen LogP contribution in [0.2, 0.25) is 0 Å². The van der Waals surface area contributed by atoms with Gasteiger partial charge in [0, 0.05) is 22.9 Å². The molecule has 0 unspecified atom stereocenters. The Morgan fingerprint density at radius 1 is 1.50 bits per heavy atom. The third kappa shape index (κ3) is 3.94. The molecule has 36 heavy (non-hydrogen) atoms. The van der Waals surface area contributed by atoms with E-state index < -0.39 is 29.2 Å². The normalized spacial score (nSPS) is 19.6. The van der Waals surface area contributed by atoms with Gasteiger partial charge in [-0.15, -0.1) is 11.8 Å². The van der Waals surface area contributed by atoms with E-state index in [0.29, 0.717) is 17.0 Å². The van der Waals surface area contributed by atoms with Crippen LogP contribution < -0.4 is 15.6 Å². The highest BCUT2D eigenvalue weighted by Gasteiger charge is 2.54. The van der Waals surface area contributed by atoms with Crippen molar-refractivity contribution in [3.8, 4) is 6.07 Å². The van der Waals surface area contributed by atoms with E-state index in [2.05, 4.69) is 25.9 Å².